The van der Waals surface area contributed by atoms with Gasteiger partial charge in [-0.25, -0.2) is 4.79 Å². The zero-order valence-electron chi connectivity index (χ0n) is 15.2. The highest BCUT2D eigenvalue weighted by molar-refractivity contribution is 5.67. The lowest BCUT2D eigenvalue weighted by Crippen LogP contribution is -2.53. The number of H-pyrrole nitrogens is 1. The molecule has 2 rings (SSSR count). The molecule has 1 aromatic heterocycles. The van der Waals surface area contributed by atoms with E-state index in [2.05, 4.69) is 27.8 Å². The van der Waals surface area contributed by atoms with Crippen molar-refractivity contribution in [2.45, 2.75) is 72.1 Å². The van der Waals surface area contributed by atoms with Crippen molar-refractivity contribution >= 4 is 6.09 Å². The molecular weight excluding hydrogens is 292 g/mol. The molecule has 0 bridgehead atoms. The van der Waals surface area contributed by atoms with Crippen molar-refractivity contribution in [1.29, 1.82) is 0 Å². The largest absolute Gasteiger partial charge is 0.444 e. The lowest BCUT2D eigenvalue weighted by Gasteiger charge is -2.32. The van der Waals surface area contributed by atoms with Crippen molar-refractivity contribution in [3.8, 4) is 0 Å². The molecule has 0 aromatic carbocycles. The van der Waals surface area contributed by atoms with Gasteiger partial charge in [-0.05, 0) is 60.3 Å². The van der Waals surface area contributed by atoms with E-state index < -0.39 is 5.60 Å². The molecule has 1 saturated carbocycles. The van der Waals surface area contributed by atoms with Gasteiger partial charge in [0, 0.05) is 29.9 Å². The van der Waals surface area contributed by atoms with E-state index in [1.807, 2.05) is 34.6 Å². The lowest BCUT2D eigenvalue weighted by molar-refractivity contribution is 0.0507. The first-order valence-electron chi connectivity index (χ1n) is 8.33. The van der Waals surface area contributed by atoms with Gasteiger partial charge in [-0.3, -0.25) is 5.10 Å². The summed E-state index contributed by atoms with van der Waals surface area (Å²) in [7, 11) is 0. The molecule has 1 aromatic rings. The van der Waals surface area contributed by atoms with E-state index in [0.717, 1.165) is 17.9 Å². The molecule has 3 N–H and O–H groups in total. The van der Waals surface area contributed by atoms with Gasteiger partial charge in [0.15, 0.2) is 0 Å². The van der Waals surface area contributed by atoms with Gasteiger partial charge in [0.2, 0.25) is 0 Å². The molecule has 1 fully saturated rings. The van der Waals surface area contributed by atoms with Crippen molar-refractivity contribution in [2.24, 2.45) is 5.92 Å². The third kappa shape index (κ3) is 4.96. The van der Waals surface area contributed by atoms with Gasteiger partial charge in [-0.2, -0.15) is 5.10 Å². The molecule has 1 heterocycles. The summed E-state index contributed by atoms with van der Waals surface area (Å²) in [6.07, 6.45) is 2.04. The van der Waals surface area contributed by atoms with Crippen LogP contribution in [-0.2, 0) is 11.3 Å². The molecule has 130 valence electrons. The minimum atomic E-state index is -0.474. The van der Waals surface area contributed by atoms with Crippen molar-refractivity contribution in [1.82, 2.24) is 20.8 Å². The Bertz CT molecular complexity index is 538. The van der Waals surface area contributed by atoms with Gasteiger partial charge in [0.05, 0.1) is 5.69 Å². The normalized spacial score (nSPS) is 17.7. The van der Waals surface area contributed by atoms with Gasteiger partial charge >= 0.3 is 6.09 Å². The van der Waals surface area contributed by atoms with E-state index in [1.165, 1.54) is 18.4 Å². The maximum atomic E-state index is 11.9. The number of amides is 1. The third-order valence-corrected chi connectivity index (χ3v) is 4.43. The molecule has 0 spiro atoms. The van der Waals surface area contributed by atoms with Crippen molar-refractivity contribution in [3.63, 3.8) is 0 Å². The fraction of sp³-hybridized carbons (Fsp3) is 0.765. The maximum Gasteiger partial charge on any atom is 0.407 e. The van der Waals surface area contributed by atoms with Crippen LogP contribution in [0.5, 0.6) is 0 Å². The number of rotatable bonds is 6. The van der Waals surface area contributed by atoms with E-state index in [-0.39, 0.29) is 11.6 Å². The molecule has 1 amide bonds. The molecule has 6 heteroatoms. The van der Waals surface area contributed by atoms with E-state index in [4.69, 9.17) is 4.74 Å². The highest BCUT2D eigenvalue weighted by atomic mass is 16.6. The quantitative estimate of drug-likeness (QED) is 0.752. The number of nitrogens with one attached hydrogen (secondary N) is 3. The smallest absolute Gasteiger partial charge is 0.407 e. The predicted molar refractivity (Wildman–Crippen MR) is 90.3 cm³/mol. The summed E-state index contributed by atoms with van der Waals surface area (Å²) in [5.74, 6) is 0.588. The second-order valence-electron chi connectivity index (χ2n) is 7.81. The molecule has 1 atom stereocenters. The van der Waals surface area contributed by atoms with E-state index in [0.29, 0.717) is 12.5 Å². The number of aromatic nitrogens is 2. The first-order valence-corrected chi connectivity index (χ1v) is 8.33. The van der Waals surface area contributed by atoms with Crippen molar-refractivity contribution in [2.75, 3.05) is 6.54 Å². The number of carbonyl (C=O) groups excluding carboxylic acids is 1. The van der Waals surface area contributed by atoms with Crippen molar-refractivity contribution in [3.05, 3.63) is 17.0 Å². The fourth-order valence-corrected chi connectivity index (χ4v) is 2.77. The summed E-state index contributed by atoms with van der Waals surface area (Å²) in [6, 6.07) is 0. The van der Waals surface area contributed by atoms with Crippen LogP contribution in [-0.4, -0.2) is 34.0 Å². The molecule has 0 aliphatic heterocycles. The van der Waals surface area contributed by atoms with Gasteiger partial charge in [-0.15, -0.1) is 0 Å². The molecule has 0 saturated heterocycles. The number of ether oxygens (including phenoxy) is 1. The SMILES string of the molecule is Cc1n[nH]c(C)c1CNC(C)(CNC(=O)OC(C)(C)C)C1CC1. The predicted octanol–water partition coefficient (Wildman–Crippen LogP) is 2.81. The van der Waals surface area contributed by atoms with Gasteiger partial charge in [0.25, 0.3) is 0 Å². The molecule has 0 radical (unpaired) electrons. The summed E-state index contributed by atoms with van der Waals surface area (Å²) < 4.78 is 5.33. The lowest BCUT2D eigenvalue weighted by atomic mass is 9.95. The average molecular weight is 322 g/mol. The molecule has 1 unspecified atom stereocenters. The van der Waals surface area contributed by atoms with Crippen LogP contribution in [0.15, 0.2) is 0 Å². The van der Waals surface area contributed by atoms with Crippen LogP contribution >= 0.6 is 0 Å². The highest BCUT2D eigenvalue weighted by Crippen LogP contribution is 2.39. The number of nitrogens with zero attached hydrogens (tertiary/aromatic N) is 1. The number of aromatic amines is 1. The standard InChI is InChI=1S/C17H30N4O2/c1-11-14(12(2)21-20-11)9-19-17(6,13-7-8-13)10-18-15(22)23-16(3,4)5/h13,19H,7-10H2,1-6H3,(H,18,22)(H,20,21). The Morgan fingerprint density at radius 3 is 2.43 bits per heavy atom. The van der Waals surface area contributed by atoms with E-state index >= 15 is 0 Å². The van der Waals surface area contributed by atoms with Gasteiger partial charge in [-0.1, -0.05) is 0 Å². The van der Waals surface area contributed by atoms with E-state index in [9.17, 15) is 4.79 Å². The Morgan fingerprint density at radius 2 is 1.96 bits per heavy atom. The van der Waals surface area contributed by atoms with E-state index in [1.54, 1.807) is 0 Å². The highest BCUT2D eigenvalue weighted by Gasteiger charge is 2.41. The van der Waals surface area contributed by atoms with Gasteiger partial charge < -0.3 is 15.4 Å². The van der Waals surface area contributed by atoms with Crippen LogP contribution in [0.25, 0.3) is 0 Å². The maximum absolute atomic E-state index is 11.9. The summed E-state index contributed by atoms with van der Waals surface area (Å²) in [4.78, 5) is 11.9. The molecule has 1 aliphatic carbocycles. The minimum absolute atomic E-state index is 0.132. The van der Waals surface area contributed by atoms with Crippen LogP contribution in [0.1, 0.15) is 57.5 Å². The first kappa shape index (κ1) is 17.8. The zero-order valence-corrected chi connectivity index (χ0v) is 15.2. The Balaban J connectivity index is 1.93. The Hall–Kier alpha value is -1.56. The van der Waals surface area contributed by atoms with Crippen LogP contribution < -0.4 is 10.6 Å². The summed E-state index contributed by atoms with van der Waals surface area (Å²) in [5.41, 5.74) is 2.71. The minimum Gasteiger partial charge on any atom is -0.444 e. The fourth-order valence-electron chi connectivity index (χ4n) is 2.77. The monoisotopic (exact) mass is 322 g/mol. The second kappa shape index (κ2) is 6.51. The average Bonchev–Trinajstić information content (AvgIpc) is 3.22. The Labute approximate surface area is 138 Å². The van der Waals surface area contributed by atoms with Crippen LogP contribution in [0, 0.1) is 19.8 Å². The van der Waals surface area contributed by atoms with Crippen LogP contribution in [0.4, 0.5) is 4.79 Å². The third-order valence-electron chi connectivity index (χ3n) is 4.43. The molecule has 23 heavy (non-hydrogen) atoms. The molecule has 6 nitrogen and oxygen atoms in total. The van der Waals surface area contributed by atoms with Crippen LogP contribution in [0.2, 0.25) is 0 Å². The number of aryl methyl sites for hydroxylation is 2. The van der Waals surface area contributed by atoms with Crippen LogP contribution in [0.3, 0.4) is 0 Å². The number of hydrogen-bond donors (Lipinski definition) is 3. The summed E-state index contributed by atoms with van der Waals surface area (Å²) in [6.45, 7) is 13.1. The second-order valence-corrected chi connectivity index (χ2v) is 7.81. The van der Waals surface area contributed by atoms with Gasteiger partial charge in [0.1, 0.15) is 5.60 Å². The topological polar surface area (TPSA) is 79.0 Å². The molecular formula is C17H30N4O2. The Morgan fingerprint density at radius 1 is 1.30 bits per heavy atom. The zero-order chi connectivity index (χ0) is 17.3. The summed E-state index contributed by atoms with van der Waals surface area (Å²) >= 11 is 0. The summed E-state index contributed by atoms with van der Waals surface area (Å²) in [5, 5.41) is 13.8. The number of carbonyl (C=O) groups is 1. The van der Waals surface area contributed by atoms with Crippen molar-refractivity contribution < 1.29 is 9.53 Å². The number of hydrogen-bond acceptors (Lipinski definition) is 4. The Kier molecular flexibility index (Phi) is 5.04. The first-order chi connectivity index (χ1) is 10.6. The number of alkyl carbamates (subject to hydrolysis) is 1. The molecule has 1 aliphatic rings.